The van der Waals surface area contributed by atoms with Crippen molar-refractivity contribution in [3.05, 3.63) is 0 Å². The topological polar surface area (TPSA) is 69.6 Å². The van der Waals surface area contributed by atoms with E-state index in [0.717, 1.165) is 25.8 Å². The van der Waals surface area contributed by atoms with E-state index in [1.807, 2.05) is 0 Å². The molecular weight excluding hydrogens is 288 g/mol. The molecule has 2 N–H and O–H groups in total. The van der Waals surface area contributed by atoms with Crippen LogP contribution in [0.4, 0.5) is 0 Å². The predicted molar refractivity (Wildman–Crippen MR) is 82.0 cm³/mol. The minimum Gasteiger partial charge on any atom is -0.480 e. The quantitative estimate of drug-likeness (QED) is 0.821. The average Bonchev–Trinajstić information content (AvgIpc) is 3.01. The van der Waals surface area contributed by atoms with Crippen LogP contribution in [0, 0.1) is 17.3 Å². The number of carbonyl (C=O) groups excluding carboxylic acids is 1. The molecule has 3 aliphatic rings. The van der Waals surface area contributed by atoms with Crippen LogP contribution in [0.3, 0.4) is 0 Å². The summed E-state index contributed by atoms with van der Waals surface area (Å²) in [5.41, 5.74) is -0.425. The molecule has 0 aromatic carbocycles. The van der Waals surface area contributed by atoms with Crippen LogP contribution in [-0.2, 0) is 9.59 Å². The second-order valence-corrected chi connectivity index (χ2v) is 8.02. The molecule has 5 nitrogen and oxygen atoms in total. The molecule has 1 saturated carbocycles. The Balaban J connectivity index is 1.90. The van der Waals surface area contributed by atoms with Gasteiger partial charge in [-0.1, -0.05) is 13.8 Å². The van der Waals surface area contributed by atoms with Gasteiger partial charge in [-0.05, 0) is 37.6 Å². The van der Waals surface area contributed by atoms with Crippen molar-refractivity contribution in [3.63, 3.8) is 0 Å². The fraction of sp³-hybridized carbons (Fsp3) is 0.867. The van der Waals surface area contributed by atoms with Crippen LogP contribution < -0.4 is 5.32 Å². The summed E-state index contributed by atoms with van der Waals surface area (Å²) >= 11 is 1.66. The Kier molecular flexibility index (Phi) is 3.94. The summed E-state index contributed by atoms with van der Waals surface area (Å²) in [5, 5.41) is 12.9. The molecule has 3 unspecified atom stereocenters. The lowest BCUT2D eigenvalue weighted by Crippen LogP contribution is -2.55. The summed E-state index contributed by atoms with van der Waals surface area (Å²) in [6, 6.07) is -0.649. The fourth-order valence-electron chi connectivity index (χ4n) is 3.61. The smallest absolute Gasteiger partial charge is 0.327 e. The molecule has 0 aromatic rings. The maximum atomic E-state index is 13.3. The fourth-order valence-corrected chi connectivity index (χ4v) is 5.24. The Morgan fingerprint density at radius 3 is 2.57 bits per heavy atom. The van der Waals surface area contributed by atoms with E-state index in [4.69, 9.17) is 0 Å². The van der Waals surface area contributed by atoms with Crippen molar-refractivity contribution in [1.29, 1.82) is 0 Å². The van der Waals surface area contributed by atoms with E-state index < -0.39 is 17.4 Å². The zero-order valence-electron chi connectivity index (χ0n) is 12.7. The number of aliphatic carboxylic acids is 1. The van der Waals surface area contributed by atoms with Crippen molar-refractivity contribution in [2.45, 2.75) is 44.5 Å². The number of nitrogens with zero attached hydrogens (tertiary/aromatic N) is 1. The largest absolute Gasteiger partial charge is 0.480 e. The highest BCUT2D eigenvalue weighted by molar-refractivity contribution is 8.00. The first-order valence-electron chi connectivity index (χ1n) is 7.85. The van der Waals surface area contributed by atoms with Crippen molar-refractivity contribution in [2.75, 3.05) is 18.8 Å². The number of nitrogens with one attached hydrogen (secondary N) is 1. The zero-order valence-corrected chi connectivity index (χ0v) is 13.5. The highest BCUT2D eigenvalue weighted by Crippen LogP contribution is 2.48. The van der Waals surface area contributed by atoms with Gasteiger partial charge in [0.25, 0.3) is 0 Å². The molecule has 118 valence electrons. The molecule has 6 heteroatoms. The Hall–Kier alpha value is -0.750. The Bertz CT molecular complexity index is 444. The molecular formula is C15H24N2O3S. The number of thioether (sulfide) groups is 1. The van der Waals surface area contributed by atoms with Gasteiger partial charge in [0, 0.05) is 12.3 Å². The number of carboxylic acids is 1. The van der Waals surface area contributed by atoms with Crippen molar-refractivity contribution in [3.8, 4) is 0 Å². The molecule has 1 aliphatic carbocycles. The third-order valence-electron chi connectivity index (χ3n) is 5.30. The lowest BCUT2D eigenvalue weighted by atomic mass is 9.75. The van der Waals surface area contributed by atoms with Gasteiger partial charge in [-0.3, -0.25) is 4.79 Å². The summed E-state index contributed by atoms with van der Waals surface area (Å²) < 4.78 is 0. The van der Waals surface area contributed by atoms with E-state index in [1.54, 1.807) is 16.7 Å². The second kappa shape index (κ2) is 5.47. The van der Waals surface area contributed by atoms with Crippen LogP contribution in [0.2, 0.25) is 0 Å². The molecule has 0 spiro atoms. The Morgan fingerprint density at radius 1 is 1.38 bits per heavy atom. The number of rotatable bonds is 4. The molecule has 3 fully saturated rings. The number of carbonyl (C=O) groups is 2. The second-order valence-electron chi connectivity index (χ2n) is 6.87. The maximum Gasteiger partial charge on any atom is 0.327 e. The van der Waals surface area contributed by atoms with Gasteiger partial charge in [0.05, 0.1) is 10.8 Å². The van der Waals surface area contributed by atoms with Crippen molar-refractivity contribution >= 4 is 23.6 Å². The van der Waals surface area contributed by atoms with Gasteiger partial charge < -0.3 is 15.3 Å². The van der Waals surface area contributed by atoms with E-state index in [0.29, 0.717) is 18.2 Å². The van der Waals surface area contributed by atoms with Crippen molar-refractivity contribution < 1.29 is 14.7 Å². The van der Waals surface area contributed by atoms with Crippen LogP contribution in [0.5, 0.6) is 0 Å². The molecule has 0 bridgehead atoms. The summed E-state index contributed by atoms with van der Waals surface area (Å²) in [6.07, 6.45) is 3.07. The SMILES string of the molecule is CC(C)C1(C(=O)N2C(C(=O)O)CSC2C2CC2)CCNC1. The molecule has 0 aromatic heterocycles. The third kappa shape index (κ3) is 2.46. The maximum absolute atomic E-state index is 13.3. The summed E-state index contributed by atoms with van der Waals surface area (Å²) in [6.45, 7) is 5.68. The molecule has 2 heterocycles. The van der Waals surface area contributed by atoms with Gasteiger partial charge in [-0.25, -0.2) is 4.79 Å². The first-order chi connectivity index (χ1) is 9.97. The first kappa shape index (κ1) is 15.2. The average molecular weight is 312 g/mol. The van der Waals surface area contributed by atoms with Gasteiger partial charge in [-0.15, -0.1) is 11.8 Å². The molecule has 1 amide bonds. The molecule has 3 rings (SSSR count). The van der Waals surface area contributed by atoms with Crippen LogP contribution >= 0.6 is 11.8 Å². The molecule has 21 heavy (non-hydrogen) atoms. The van der Waals surface area contributed by atoms with Gasteiger partial charge in [0.15, 0.2) is 0 Å². The highest BCUT2D eigenvalue weighted by Gasteiger charge is 2.54. The van der Waals surface area contributed by atoms with Crippen LogP contribution in [0.25, 0.3) is 0 Å². The summed E-state index contributed by atoms with van der Waals surface area (Å²) in [7, 11) is 0. The van der Waals surface area contributed by atoms with Crippen molar-refractivity contribution in [2.24, 2.45) is 17.3 Å². The van der Waals surface area contributed by atoms with E-state index in [1.165, 1.54) is 0 Å². The summed E-state index contributed by atoms with van der Waals surface area (Å²) in [4.78, 5) is 26.6. The predicted octanol–water partition coefficient (Wildman–Crippen LogP) is 1.39. The van der Waals surface area contributed by atoms with E-state index in [-0.39, 0.29) is 17.2 Å². The minimum absolute atomic E-state index is 0.0665. The molecule has 0 radical (unpaired) electrons. The number of carboxylic acid groups (broad SMARTS) is 1. The van der Waals surface area contributed by atoms with E-state index in [2.05, 4.69) is 19.2 Å². The molecule has 3 atom stereocenters. The highest BCUT2D eigenvalue weighted by atomic mass is 32.2. The van der Waals surface area contributed by atoms with Gasteiger partial charge >= 0.3 is 5.97 Å². The van der Waals surface area contributed by atoms with Gasteiger partial charge in [-0.2, -0.15) is 0 Å². The van der Waals surface area contributed by atoms with Crippen LogP contribution in [0.15, 0.2) is 0 Å². The lowest BCUT2D eigenvalue weighted by molar-refractivity contribution is -0.155. The minimum atomic E-state index is -0.858. The monoisotopic (exact) mass is 312 g/mol. The third-order valence-corrected chi connectivity index (χ3v) is 6.76. The first-order valence-corrected chi connectivity index (χ1v) is 8.90. The molecule has 2 saturated heterocycles. The standard InChI is InChI=1S/C15H24N2O3S/c1-9(2)15(5-6-16-8-15)14(20)17-11(13(18)19)7-21-12(17)10-3-4-10/h9-12,16H,3-8H2,1-2H3,(H,18,19). The Labute approximate surface area is 129 Å². The normalized spacial score (nSPS) is 36.4. The number of hydrogen-bond acceptors (Lipinski definition) is 4. The zero-order chi connectivity index (χ0) is 15.2. The van der Waals surface area contributed by atoms with Gasteiger partial charge in [0.2, 0.25) is 5.91 Å². The summed E-state index contributed by atoms with van der Waals surface area (Å²) in [5.74, 6) is 0.464. The lowest BCUT2D eigenvalue weighted by Gasteiger charge is -2.39. The van der Waals surface area contributed by atoms with Crippen molar-refractivity contribution in [1.82, 2.24) is 10.2 Å². The van der Waals surface area contributed by atoms with E-state index in [9.17, 15) is 14.7 Å². The Morgan fingerprint density at radius 2 is 2.10 bits per heavy atom. The van der Waals surface area contributed by atoms with E-state index >= 15 is 0 Å². The number of amides is 1. The van der Waals surface area contributed by atoms with Crippen LogP contribution in [0.1, 0.15) is 33.1 Å². The number of hydrogen-bond donors (Lipinski definition) is 2. The van der Waals surface area contributed by atoms with Gasteiger partial charge in [0.1, 0.15) is 6.04 Å². The molecule has 2 aliphatic heterocycles. The van der Waals surface area contributed by atoms with Crippen LogP contribution in [-0.4, -0.2) is 52.1 Å².